The Bertz CT molecular complexity index is 701. The van der Waals surface area contributed by atoms with Crippen molar-refractivity contribution >= 4 is 11.6 Å². The summed E-state index contributed by atoms with van der Waals surface area (Å²) in [6, 6.07) is 15.3. The first-order valence-electron chi connectivity index (χ1n) is 7.18. The lowest BCUT2D eigenvalue weighted by Crippen LogP contribution is -2.30. The quantitative estimate of drug-likeness (QED) is 0.872. The molecule has 1 saturated heterocycles. The van der Waals surface area contributed by atoms with Crippen molar-refractivity contribution in [3.63, 3.8) is 0 Å². The predicted molar refractivity (Wildman–Crippen MR) is 79.9 cm³/mol. The Morgan fingerprint density at radius 1 is 1.05 bits per heavy atom. The Balaban J connectivity index is 1.49. The molecular formula is C17H15NO4. The molecule has 22 heavy (non-hydrogen) atoms. The smallest absolute Gasteiger partial charge is 0.258 e. The molecule has 0 spiro atoms. The Kier molecular flexibility index (Phi) is 3.20. The molecule has 2 aliphatic rings. The number of nitrogens with zero attached hydrogens (tertiary/aromatic N) is 1. The third kappa shape index (κ3) is 2.29. The van der Waals surface area contributed by atoms with E-state index in [0.717, 1.165) is 22.7 Å². The van der Waals surface area contributed by atoms with Crippen molar-refractivity contribution < 1.29 is 19.0 Å². The van der Waals surface area contributed by atoms with Crippen LogP contribution in [0.2, 0.25) is 0 Å². The predicted octanol–water partition coefficient (Wildman–Crippen LogP) is 2.35. The minimum atomic E-state index is -0.458. The highest BCUT2D eigenvalue weighted by molar-refractivity contribution is 5.98. The number of ether oxygens (including phenoxy) is 3. The molecule has 0 bridgehead atoms. The second kappa shape index (κ2) is 5.35. The lowest BCUT2D eigenvalue weighted by atomic mass is 10.1. The van der Waals surface area contributed by atoms with Gasteiger partial charge in [0.2, 0.25) is 6.79 Å². The van der Waals surface area contributed by atoms with Crippen LogP contribution in [0.15, 0.2) is 48.5 Å². The molecule has 1 fully saturated rings. The fourth-order valence-electron chi connectivity index (χ4n) is 2.71. The van der Waals surface area contributed by atoms with Crippen molar-refractivity contribution in [3.05, 3.63) is 54.1 Å². The Morgan fingerprint density at radius 2 is 1.86 bits per heavy atom. The normalized spacial score (nSPS) is 19.7. The minimum Gasteiger partial charge on any atom is -0.454 e. The number of hydrogen-bond donors (Lipinski definition) is 0. The average molecular weight is 297 g/mol. The zero-order valence-corrected chi connectivity index (χ0v) is 11.9. The molecular weight excluding hydrogens is 282 g/mol. The summed E-state index contributed by atoms with van der Waals surface area (Å²) in [5.41, 5.74) is 1.86. The number of carbonyl (C=O) groups is 1. The van der Waals surface area contributed by atoms with Crippen LogP contribution in [-0.4, -0.2) is 25.5 Å². The third-order valence-corrected chi connectivity index (χ3v) is 3.87. The minimum absolute atomic E-state index is 0.0103. The van der Waals surface area contributed by atoms with Gasteiger partial charge in [-0.3, -0.25) is 9.69 Å². The lowest BCUT2D eigenvalue weighted by Gasteiger charge is -2.14. The zero-order valence-electron chi connectivity index (χ0n) is 11.9. The molecule has 4 rings (SSSR count). The van der Waals surface area contributed by atoms with Gasteiger partial charge in [-0.05, 0) is 29.8 Å². The standard InChI is InChI=1S/C17H15NO4/c19-17-16(20-10-18(17)13-4-2-1-3-5-13)9-12-6-7-14-15(8-12)22-11-21-14/h1-8,16H,9-11H2. The highest BCUT2D eigenvalue weighted by Crippen LogP contribution is 2.33. The summed E-state index contributed by atoms with van der Waals surface area (Å²) >= 11 is 0. The van der Waals surface area contributed by atoms with Gasteiger partial charge < -0.3 is 14.2 Å². The molecule has 112 valence electrons. The van der Waals surface area contributed by atoms with E-state index in [4.69, 9.17) is 14.2 Å². The largest absolute Gasteiger partial charge is 0.454 e. The van der Waals surface area contributed by atoms with Gasteiger partial charge in [-0.15, -0.1) is 0 Å². The van der Waals surface area contributed by atoms with Gasteiger partial charge >= 0.3 is 0 Å². The summed E-state index contributed by atoms with van der Waals surface area (Å²) in [7, 11) is 0. The number of carbonyl (C=O) groups excluding carboxylic acids is 1. The van der Waals surface area contributed by atoms with Crippen LogP contribution in [0.25, 0.3) is 0 Å². The number of benzene rings is 2. The van der Waals surface area contributed by atoms with Gasteiger partial charge in [0.05, 0.1) is 0 Å². The molecule has 0 aromatic heterocycles. The van der Waals surface area contributed by atoms with Gasteiger partial charge in [-0.25, -0.2) is 0 Å². The molecule has 2 aromatic rings. The first kappa shape index (κ1) is 13.2. The topological polar surface area (TPSA) is 48.0 Å². The van der Waals surface area contributed by atoms with E-state index in [9.17, 15) is 4.79 Å². The molecule has 0 saturated carbocycles. The van der Waals surface area contributed by atoms with E-state index in [-0.39, 0.29) is 19.4 Å². The van der Waals surface area contributed by atoms with Crippen molar-refractivity contribution in [2.24, 2.45) is 0 Å². The maximum Gasteiger partial charge on any atom is 0.258 e. The van der Waals surface area contributed by atoms with Crippen molar-refractivity contribution in [2.45, 2.75) is 12.5 Å². The van der Waals surface area contributed by atoms with Crippen LogP contribution in [0, 0.1) is 0 Å². The number of para-hydroxylation sites is 1. The zero-order chi connectivity index (χ0) is 14.9. The third-order valence-electron chi connectivity index (χ3n) is 3.87. The van der Waals surface area contributed by atoms with E-state index in [1.807, 2.05) is 48.5 Å². The van der Waals surface area contributed by atoms with Crippen molar-refractivity contribution in [1.29, 1.82) is 0 Å². The molecule has 5 nitrogen and oxygen atoms in total. The van der Waals surface area contributed by atoms with Crippen LogP contribution in [0.4, 0.5) is 5.69 Å². The molecule has 0 aliphatic carbocycles. The Labute approximate surface area is 128 Å². The van der Waals surface area contributed by atoms with Crippen LogP contribution in [-0.2, 0) is 16.0 Å². The average Bonchev–Trinajstić information content (AvgIpc) is 3.15. The monoisotopic (exact) mass is 297 g/mol. The van der Waals surface area contributed by atoms with Gasteiger partial charge in [-0.2, -0.15) is 0 Å². The van der Waals surface area contributed by atoms with Crippen molar-refractivity contribution in [2.75, 3.05) is 18.4 Å². The number of fused-ring (bicyclic) bond motifs is 1. The second-order valence-corrected chi connectivity index (χ2v) is 5.28. The van der Waals surface area contributed by atoms with E-state index in [0.29, 0.717) is 6.42 Å². The summed E-state index contributed by atoms with van der Waals surface area (Å²) < 4.78 is 16.3. The van der Waals surface area contributed by atoms with E-state index in [1.165, 1.54) is 0 Å². The molecule has 2 aliphatic heterocycles. The summed E-state index contributed by atoms with van der Waals surface area (Å²) in [5.74, 6) is 1.46. The number of anilines is 1. The fraction of sp³-hybridized carbons (Fsp3) is 0.235. The number of amides is 1. The van der Waals surface area contributed by atoms with Crippen LogP contribution in [0.1, 0.15) is 5.56 Å². The number of rotatable bonds is 3. The van der Waals surface area contributed by atoms with E-state index in [1.54, 1.807) is 4.90 Å². The maximum absolute atomic E-state index is 12.5. The Morgan fingerprint density at radius 3 is 2.73 bits per heavy atom. The first-order chi connectivity index (χ1) is 10.8. The molecule has 1 amide bonds. The van der Waals surface area contributed by atoms with Gasteiger partial charge in [0.1, 0.15) is 12.8 Å². The molecule has 2 aromatic carbocycles. The lowest BCUT2D eigenvalue weighted by molar-refractivity contribution is -0.122. The highest BCUT2D eigenvalue weighted by atomic mass is 16.7. The Hall–Kier alpha value is -2.53. The summed E-state index contributed by atoms with van der Waals surface area (Å²) in [6.45, 7) is 0.539. The van der Waals surface area contributed by atoms with Crippen molar-refractivity contribution in [1.82, 2.24) is 0 Å². The molecule has 2 heterocycles. The van der Waals surface area contributed by atoms with Gasteiger partial charge in [0.25, 0.3) is 5.91 Å². The van der Waals surface area contributed by atoms with Gasteiger partial charge in [0.15, 0.2) is 11.5 Å². The van der Waals surface area contributed by atoms with E-state index >= 15 is 0 Å². The van der Waals surface area contributed by atoms with E-state index in [2.05, 4.69) is 0 Å². The van der Waals surface area contributed by atoms with Crippen LogP contribution >= 0.6 is 0 Å². The van der Waals surface area contributed by atoms with Gasteiger partial charge in [-0.1, -0.05) is 24.3 Å². The highest BCUT2D eigenvalue weighted by Gasteiger charge is 2.33. The number of hydrogen-bond acceptors (Lipinski definition) is 4. The summed E-state index contributed by atoms with van der Waals surface area (Å²) in [4.78, 5) is 14.2. The summed E-state index contributed by atoms with van der Waals surface area (Å²) in [5, 5.41) is 0. The van der Waals surface area contributed by atoms with Crippen LogP contribution in [0.5, 0.6) is 11.5 Å². The molecule has 0 N–H and O–H groups in total. The summed E-state index contributed by atoms with van der Waals surface area (Å²) in [6.07, 6.45) is 0.0688. The molecule has 1 unspecified atom stereocenters. The van der Waals surface area contributed by atoms with E-state index < -0.39 is 6.10 Å². The maximum atomic E-state index is 12.5. The SMILES string of the molecule is O=C1C(Cc2ccc3c(c2)OCO3)OCN1c1ccccc1. The first-order valence-corrected chi connectivity index (χ1v) is 7.18. The molecule has 1 atom stereocenters. The van der Waals surface area contributed by atoms with Crippen LogP contribution in [0.3, 0.4) is 0 Å². The van der Waals surface area contributed by atoms with Crippen molar-refractivity contribution in [3.8, 4) is 11.5 Å². The fourth-order valence-corrected chi connectivity index (χ4v) is 2.71. The molecule has 0 radical (unpaired) electrons. The van der Waals surface area contributed by atoms with Crippen LogP contribution < -0.4 is 14.4 Å². The second-order valence-electron chi connectivity index (χ2n) is 5.28. The van der Waals surface area contributed by atoms with Gasteiger partial charge in [0, 0.05) is 12.1 Å². The molecule has 5 heteroatoms.